The molecule has 3 unspecified atom stereocenters. The second-order valence-corrected chi connectivity index (χ2v) is 6.48. The summed E-state index contributed by atoms with van der Waals surface area (Å²) in [6, 6.07) is 0.339. The second-order valence-electron chi connectivity index (χ2n) is 6.07. The van der Waals surface area contributed by atoms with Gasteiger partial charge >= 0.3 is 0 Å². The fourth-order valence-corrected chi connectivity index (χ4v) is 3.93. The van der Waals surface area contributed by atoms with Gasteiger partial charge in [0.2, 0.25) is 0 Å². The first-order chi connectivity index (χ1) is 9.71. The summed E-state index contributed by atoms with van der Waals surface area (Å²) in [4.78, 5) is 0. The van der Waals surface area contributed by atoms with Crippen molar-refractivity contribution in [1.82, 2.24) is 15.1 Å². The zero-order chi connectivity index (χ0) is 14.5. The minimum Gasteiger partial charge on any atom is -0.311 e. The van der Waals surface area contributed by atoms with Gasteiger partial charge in [-0.25, -0.2) is 0 Å². The third-order valence-corrected chi connectivity index (χ3v) is 5.04. The minimum absolute atomic E-state index is 0.339. The average molecular weight is 298 g/mol. The Bertz CT molecular complexity index is 416. The zero-order valence-corrected chi connectivity index (χ0v) is 13.8. The van der Waals surface area contributed by atoms with Crippen molar-refractivity contribution in [1.29, 1.82) is 0 Å². The quantitative estimate of drug-likeness (QED) is 0.842. The third kappa shape index (κ3) is 3.37. The van der Waals surface area contributed by atoms with E-state index in [1.165, 1.54) is 37.8 Å². The number of rotatable bonds is 6. The fraction of sp³-hybridized carbons (Fsp3) is 0.812. The molecule has 0 bridgehead atoms. The molecule has 1 heterocycles. The molecule has 1 aromatic rings. The number of hydrogen-bond acceptors (Lipinski definition) is 2. The molecule has 0 aromatic carbocycles. The lowest BCUT2D eigenvalue weighted by Gasteiger charge is -2.34. The van der Waals surface area contributed by atoms with Gasteiger partial charge in [-0.1, -0.05) is 44.7 Å². The lowest BCUT2D eigenvalue weighted by atomic mass is 9.76. The first kappa shape index (κ1) is 15.8. The Morgan fingerprint density at radius 1 is 1.45 bits per heavy atom. The fourth-order valence-electron chi connectivity index (χ4n) is 3.67. The maximum Gasteiger partial charge on any atom is 0.0834 e. The monoisotopic (exact) mass is 297 g/mol. The van der Waals surface area contributed by atoms with E-state index in [9.17, 15) is 0 Å². The van der Waals surface area contributed by atoms with Gasteiger partial charge in [0.15, 0.2) is 0 Å². The number of nitrogens with one attached hydrogen (secondary N) is 1. The first-order valence-electron chi connectivity index (χ1n) is 8.09. The first-order valence-corrected chi connectivity index (χ1v) is 8.47. The second kappa shape index (κ2) is 7.46. The summed E-state index contributed by atoms with van der Waals surface area (Å²) >= 11 is 6.42. The molecular formula is C16H28ClN3. The number of nitrogens with zero attached hydrogens (tertiary/aromatic N) is 2. The van der Waals surface area contributed by atoms with Crippen LogP contribution in [-0.2, 0) is 6.54 Å². The Balaban J connectivity index is 2.21. The molecule has 1 aromatic heterocycles. The van der Waals surface area contributed by atoms with Crippen LogP contribution in [0, 0.1) is 11.8 Å². The molecule has 0 saturated heterocycles. The van der Waals surface area contributed by atoms with Crippen LogP contribution < -0.4 is 5.32 Å². The Morgan fingerprint density at radius 2 is 2.25 bits per heavy atom. The van der Waals surface area contributed by atoms with Crippen molar-refractivity contribution in [2.24, 2.45) is 11.8 Å². The summed E-state index contributed by atoms with van der Waals surface area (Å²) in [7, 11) is 2.06. The maximum absolute atomic E-state index is 6.42. The molecule has 20 heavy (non-hydrogen) atoms. The van der Waals surface area contributed by atoms with Crippen LogP contribution in [0.1, 0.15) is 64.1 Å². The van der Waals surface area contributed by atoms with E-state index < -0.39 is 0 Å². The van der Waals surface area contributed by atoms with E-state index in [1.807, 2.05) is 0 Å². The summed E-state index contributed by atoms with van der Waals surface area (Å²) in [5.74, 6) is 1.56. The lowest BCUT2D eigenvalue weighted by molar-refractivity contribution is 0.208. The van der Waals surface area contributed by atoms with Crippen molar-refractivity contribution in [3.63, 3.8) is 0 Å². The highest BCUT2D eigenvalue weighted by molar-refractivity contribution is 6.31. The van der Waals surface area contributed by atoms with Crippen LogP contribution in [-0.4, -0.2) is 16.8 Å². The van der Waals surface area contributed by atoms with Crippen molar-refractivity contribution in [3.8, 4) is 0 Å². The highest BCUT2D eigenvalue weighted by Crippen LogP contribution is 2.40. The van der Waals surface area contributed by atoms with Gasteiger partial charge in [-0.05, 0) is 38.1 Å². The highest BCUT2D eigenvalue weighted by atomic mass is 35.5. The molecule has 2 rings (SSSR count). The van der Waals surface area contributed by atoms with E-state index in [2.05, 4.69) is 36.0 Å². The Morgan fingerprint density at radius 3 is 2.90 bits per heavy atom. The van der Waals surface area contributed by atoms with Crippen LogP contribution in [0.15, 0.2) is 6.20 Å². The predicted molar refractivity (Wildman–Crippen MR) is 85.1 cm³/mol. The molecule has 1 aliphatic rings. The topological polar surface area (TPSA) is 29.9 Å². The Kier molecular flexibility index (Phi) is 5.91. The normalized spacial score (nSPS) is 24.8. The Hall–Kier alpha value is -0.540. The van der Waals surface area contributed by atoms with E-state index in [-0.39, 0.29) is 0 Å². The van der Waals surface area contributed by atoms with E-state index in [0.29, 0.717) is 12.0 Å². The van der Waals surface area contributed by atoms with E-state index in [0.717, 1.165) is 23.9 Å². The Labute approximate surface area is 128 Å². The van der Waals surface area contributed by atoms with Crippen LogP contribution >= 0.6 is 11.6 Å². The van der Waals surface area contributed by atoms with E-state index >= 15 is 0 Å². The summed E-state index contributed by atoms with van der Waals surface area (Å²) in [5.41, 5.74) is 1.19. The van der Waals surface area contributed by atoms with Gasteiger partial charge in [0.05, 0.1) is 23.0 Å². The van der Waals surface area contributed by atoms with Gasteiger partial charge in [-0.15, -0.1) is 0 Å². The standard InChI is InChI=1S/C16H28ClN3/c1-4-9-20-16(14(17)11-19-20)15(18-3)13-8-6-7-12(5-2)10-13/h11-13,15,18H,4-10H2,1-3H3. The molecular weight excluding hydrogens is 270 g/mol. The zero-order valence-electron chi connectivity index (χ0n) is 13.0. The summed E-state index contributed by atoms with van der Waals surface area (Å²) in [6.07, 6.45) is 9.55. The van der Waals surface area contributed by atoms with Crippen LogP contribution in [0.5, 0.6) is 0 Å². The van der Waals surface area contributed by atoms with Gasteiger partial charge < -0.3 is 5.32 Å². The van der Waals surface area contributed by atoms with Gasteiger partial charge in [-0.3, -0.25) is 4.68 Å². The van der Waals surface area contributed by atoms with Crippen molar-refractivity contribution in [2.45, 2.75) is 65.0 Å². The van der Waals surface area contributed by atoms with Crippen LogP contribution in [0.2, 0.25) is 5.02 Å². The lowest BCUT2D eigenvalue weighted by Crippen LogP contribution is -2.31. The molecule has 114 valence electrons. The van der Waals surface area contributed by atoms with Gasteiger partial charge in [0.25, 0.3) is 0 Å². The molecule has 0 spiro atoms. The molecule has 0 amide bonds. The number of hydrogen-bond donors (Lipinski definition) is 1. The molecule has 4 heteroatoms. The van der Waals surface area contributed by atoms with Crippen LogP contribution in [0.25, 0.3) is 0 Å². The SMILES string of the molecule is CCCn1ncc(Cl)c1C(NC)C1CCCC(CC)C1. The number of halogens is 1. The highest BCUT2D eigenvalue weighted by Gasteiger charge is 2.31. The minimum atomic E-state index is 0.339. The third-order valence-electron chi connectivity index (χ3n) is 4.75. The molecule has 1 fully saturated rings. The van der Waals surface area contributed by atoms with Gasteiger partial charge in [0, 0.05) is 6.54 Å². The summed E-state index contributed by atoms with van der Waals surface area (Å²) in [6.45, 7) is 5.45. The maximum atomic E-state index is 6.42. The number of aromatic nitrogens is 2. The van der Waals surface area contributed by atoms with Crippen molar-refractivity contribution in [3.05, 3.63) is 16.9 Å². The molecule has 1 saturated carbocycles. The number of aryl methyl sites for hydroxylation is 1. The van der Waals surface area contributed by atoms with Crippen LogP contribution in [0.4, 0.5) is 0 Å². The van der Waals surface area contributed by atoms with Crippen molar-refractivity contribution >= 4 is 11.6 Å². The average Bonchev–Trinajstić information content (AvgIpc) is 2.82. The van der Waals surface area contributed by atoms with Gasteiger partial charge in [-0.2, -0.15) is 5.10 Å². The molecule has 0 aliphatic heterocycles. The molecule has 3 atom stereocenters. The molecule has 1 N–H and O–H groups in total. The van der Waals surface area contributed by atoms with Crippen molar-refractivity contribution < 1.29 is 0 Å². The summed E-state index contributed by atoms with van der Waals surface area (Å²) < 4.78 is 2.10. The molecule has 0 radical (unpaired) electrons. The van der Waals surface area contributed by atoms with E-state index in [1.54, 1.807) is 6.20 Å². The van der Waals surface area contributed by atoms with E-state index in [4.69, 9.17) is 11.6 Å². The molecule has 3 nitrogen and oxygen atoms in total. The smallest absolute Gasteiger partial charge is 0.0834 e. The summed E-state index contributed by atoms with van der Waals surface area (Å²) in [5, 5.41) is 8.78. The predicted octanol–water partition coefficient (Wildman–Crippen LogP) is 4.42. The largest absolute Gasteiger partial charge is 0.311 e. The van der Waals surface area contributed by atoms with Crippen LogP contribution in [0.3, 0.4) is 0 Å². The molecule has 1 aliphatic carbocycles. The van der Waals surface area contributed by atoms with Crippen molar-refractivity contribution in [2.75, 3.05) is 7.05 Å². The van der Waals surface area contributed by atoms with Gasteiger partial charge in [0.1, 0.15) is 0 Å².